The van der Waals surface area contributed by atoms with Crippen molar-refractivity contribution in [3.05, 3.63) is 22.2 Å². The van der Waals surface area contributed by atoms with Gasteiger partial charge in [0.15, 0.2) is 0 Å². The van der Waals surface area contributed by atoms with Crippen molar-refractivity contribution >= 4 is 33.3 Å². The maximum atomic E-state index is 11.8. The van der Waals surface area contributed by atoms with Gasteiger partial charge < -0.3 is 16.4 Å². The molecule has 0 aliphatic heterocycles. The summed E-state index contributed by atoms with van der Waals surface area (Å²) < 4.78 is 0.843. The molecule has 1 aromatic carbocycles. The first-order chi connectivity index (χ1) is 8.56. The van der Waals surface area contributed by atoms with E-state index in [9.17, 15) is 4.79 Å². The highest BCUT2D eigenvalue weighted by Gasteiger charge is 2.17. The van der Waals surface area contributed by atoms with Crippen LogP contribution in [0.3, 0.4) is 0 Å². The number of urea groups is 1. The van der Waals surface area contributed by atoms with Crippen LogP contribution >= 0.6 is 15.9 Å². The lowest BCUT2D eigenvalue weighted by Crippen LogP contribution is -2.36. The van der Waals surface area contributed by atoms with Gasteiger partial charge in [-0.2, -0.15) is 0 Å². The van der Waals surface area contributed by atoms with Gasteiger partial charge in [-0.1, -0.05) is 12.8 Å². The number of nitrogens with one attached hydrogen (secondary N) is 2. The zero-order valence-corrected chi connectivity index (χ0v) is 12.0. The SMILES string of the molecule is Cc1cc(Br)c(NC(=O)NC2CCCC2)cc1N. The Morgan fingerprint density at radius 3 is 2.72 bits per heavy atom. The highest BCUT2D eigenvalue weighted by Crippen LogP contribution is 2.27. The normalized spacial score (nSPS) is 15.7. The van der Waals surface area contributed by atoms with Crippen LogP contribution in [0.1, 0.15) is 31.2 Å². The Morgan fingerprint density at radius 1 is 1.39 bits per heavy atom. The third-order valence-electron chi connectivity index (χ3n) is 3.29. The van der Waals surface area contributed by atoms with E-state index in [1.54, 1.807) is 6.07 Å². The number of rotatable bonds is 2. The van der Waals surface area contributed by atoms with E-state index >= 15 is 0 Å². The molecule has 0 atom stereocenters. The topological polar surface area (TPSA) is 67.2 Å². The largest absolute Gasteiger partial charge is 0.398 e. The van der Waals surface area contributed by atoms with Gasteiger partial charge in [0.25, 0.3) is 0 Å². The molecule has 98 valence electrons. The molecule has 0 spiro atoms. The van der Waals surface area contributed by atoms with E-state index in [0.717, 1.165) is 22.9 Å². The lowest BCUT2D eigenvalue weighted by molar-refractivity contribution is 0.248. The summed E-state index contributed by atoms with van der Waals surface area (Å²) in [4.78, 5) is 11.8. The van der Waals surface area contributed by atoms with Crippen molar-refractivity contribution in [1.29, 1.82) is 0 Å². The summed E-state index contributed by atoms with van der Waals surface area (Å²) in [6, 6.07) is 3.83. The quantitative estimate of drug-likeness (QED) is 0.733. The number of benzene rings is 1. The molecule has 0 radical (unpaired) electrons. The van der Waals surface area contributed by atoms with E-state index in [0.29, 0.717) is 17.4 Å². The molecule has 2 amide bonds. The highest BCUT2D eigenvalue weighted by atomic mass is 79.9. The van der Waals surface area contributed by atoms with Crippen molar-refractivity contribution in [1.82, 2.24) is 5.32 Å². The molecule has 1 aliphatic carbocycles. The minimum atomic E-state index is -0.161. The van der Waals surface area contributed by atoms with Gasteiger partial charge in [0.1, 0.15) is 0 Å². The summed E-state index contributed by atoms with van der Waals surface area (Å²) in [5, 5.41) is 5.81. The van der Waals surface area contributed by atoms with Crippen LogP contribution in [0, 0.1) is 6.92 Å². The van der Waals surface area contributed by atoms with E-state index in [-0.39, 0.29) is 6.03 Å². The molecule has 0 aromatic heterocycles. The molecule has 0 bridgehead atoms. The van der Waals surface area contributed by atoms with Crippen LogP contribution in [0.4, 0.5) is 16.2 Å². The fraction of sp³-hybridized carbons (Fsp3) is 0.462. The molecular weight excluding hydrogens is 294 g/mol. The number of aryl methyl sites for hydroxylation is 1. The van der Waals surface area contributed by atoms with Crippen molar-refractivity contribution in [2.24, 2.45) is 0 Å². The van der Waals surface area contributed by atoms with Crippen LogP contribution in [-0.2, 0) is 0 Å². The van der Waals surface area contributed by atoms with Gasteiger partial charge in [-0.15, -0.1) is 0 Å². The summed E-state index contributed by atoms with van der Waals surface area (Å²) in [6.45, 7) is 1.93. The number of amides is 2. The molecule has 4 N–H and O–H groups in total. The Balaban J connectivity index is 2.00. The second kappa shape index (κ2) is 5.61. The van der Waals surface area contributed by atoms with Crippen LogP contribution in [0.2, 0.25) is 0 Å². The second-order valence-electron chi connectivity index (χ2n) is 4.77. The number of carbonyl (C=O) groups excluding carboxylic acids is 1. The summed E-state index contributed by atoms with van der Waals surface area (Å²) in [7, 11) is 0. The average molecular weight is 312 g/mol. The van der Waals surface area contributed by atoms with Gasteiger partial charge in [-0.25, -0.2) is 4.79 Å². The number of carbonyl (C=O) groups is 1. The first kappa shape index (κ1) is 13.2. The predicted octanol–water partition coefficient (Wildman–Crippen LogP) is 3.40. The number of anilines is 2. The molecule has 1 saturated carbocycles. The fourth-order valence-corrected chi connectivity index (χ4v) is 2.76. The van der Waals surface area contributed by atoms with Crippen LogP contribution in [0.15, 0.2) is 16.6 Å². The Morgan fingerprint density at radius 2 is 2.06 bits per heavy atom. The van der Waals surface area contributed by atoms with Crippen LogP contribution < -0.4 is 16.4 Å². The molecule has 0 heterocycles. The minimum Gasteiger partial charge on any atom is -0.398 e. The number of nitrogens with two attached hydrogens (primary N) is 1. The average Bonchev–Trinajstić information content (AvgIpc) is 2.78. The Kier molecular flexibility index (Phi) is 4.11. The van der Waals surface area contributed by atoms with Gasteiger partial charge in [-0.3, -0.25) is 0 Å². The second-order valence-corrected chi connectivity index (χ2v) is 5.62. The monoisotopic (exact) mass is 311 g/mol. The summed E-state index contributed by atoms with van der Waals surface area (Å²) in [5.41, 5.74) is 8.20. The number of hydrogen-bond acceptors (Lipinski definition) is 2. The van der Waals surface area contributed by atoms with Crippen LogP contribution in [-0.4, -0.2) is 12.1 Å². The smallest absolute Gasteiger partial charge is 0.319 e. The van der Waals surface area contributed by atoms with Gasteiger partial charge in [0.2, 0.25) is 0 Å². The molecule has 4 nitrogen and oxygen atoms in total. The van der Waals surface area contributed by atoms with Crippen molar-refractivity contribution in [3.63, 3.8) is 0 Å². The molecule has 1 aliphatic rings. The molecule has 1 aromatic rings. The first-order valence-electron chi connectivity index (χ1n) is 6.19. The number of hydrogen-bond donors (Lipinski definition) is 3. The van der Waals surface area contributed by atoms with Gasteiger partial charge >= 0.3 is 6.03 Å². The minimum absolute atomic E-state index is 0.161. The van der Waals surface area contributed by atoms with E-state index in [4.69, 9.17) is 5.73 Å². The molecular formula is C13H18BrN3O. The zero-order chi connectivity index (χ0) is 13.1. The van der Waals surface area contributed by atoms with E-state index in [1.165, 1.54) is 12.8 Å². The van der Waals surface area contributed by atoms with Gasteiger partial charge in [0, 0.05) is 16.2 Å². The van der Waals surface area contributed by atoms with Crippen LogP contribution in [0.5, 0.6) is 0 Å². The van der Waals surface area contributed by atoms with Crippen LogP contribution in [0.25, 0.3) is 0 Å². The fourth-order valence-electron chi connectivity index (χ4n) is 2.20. The van der Waals surface area contributed by atoms with E-state index in [2.05, 4.69) is 26.6 Å². The maximum absolute atomic E-state index is 11.8. The molecule has 1 fully saturated rings. The molecule has 2 rings (SSSR count). The van der Waals surface area contributed by atoms with Gasteiger partial charge in [0.05, 0.1) is 5.69 Å². The van der Waals surface area contributed by atoms with Crippen molar-refractivity contribution in [3.8, 4) is 0 Å². The summed E-state index contributed by atoms with van der Waals surface area (Å²) in [5.74, 6) is 0. The number of halogens is 1. The summed E-state index contributed by atoms with van der Waals surface area (Å²) >= 11 is 3.42. The standard InChI is InChI=1S/C13H18BrN3O/c1-8-6-10(14)12(7-11(8)15)17-13(18)16-9-4-2-3-5-9/h6-7,9H,2-5,15H2,1H3,(H2,16,17,18). The molecule has 18 heavy (non-hydrogen) atoms. The lowest BCUT2D eigenvalue weighted by atomic mass is 10.2. The zero-order valence-electron chi connectivity index (χ0n) is 10.4. The van der Waals surface area contributed by atoms with Crippen molar-refractivity contribution in [2.45, 2.75) is 38.6 Å². The highest BCUT2D eigenvalue weighted by molar-refractivity contribution is 9.10. The predicted molar refractivity (Wildman–Crippen MR) is 77.7 cm³/mol. The Hall–Kier alpha value is -1.23. The van der Waals surface area contributed by atoms with Gasteiger partial charge in [-0.05, 0) is 53.4 Å². The van der Waals surface area contributed by atoms with E-state index in [1.807, 2.05) is 13.0 Å². The Bertz CT molecular complexity index is 456. The summed E-state index contributed by atoms with van der Waals surface area (Å²) in [6.07, 6.45) is 4.55. The lowest BCUT2D eigenvalue weighted by Gasteiger charge is -2.14. The molecule has 0 saturated heterocycles. The third kappa shape index (κ3) is 3.16. The third-order valence-corrected chi connectivity index (χ3v) is 3.95. The molecule has 5 heteroatoms. The van der Waals surface area contributed by atoms with E-state index < -0.39 is 0 Å². The first-order valence-corrected chi connectivity index (χ1v) is 6.98. The number of nitrogen functional groups attached to an aromatic ring is 1. The van der Waals surface area contributed by atoms with Crippen molar-refractivity contribution in [2.75, 3.05) is 11.1 Å². The molecule has 0 unspecified atom stereocenters. The van der Waals surface area contributed by atoms with Crippen molar-refractivity contribution < 1.29 is 4.79 Å². The maximum Gasteiger partial charge on any atom is 0.319 e. The Labute approximate surface area is 115 Å².